The summed E-state index contributed by atoms with van der Waals surface area (Å²) in [5, 5.41) is 5.14. The molecule has 0 fully saturated rings. The van der Waals surface area contributed by atoms with Crippen molar-refractivity contribution in [3.63, 3.8) is 0 Å². The van der Waals surface area contributed by atoms with E-state index in [1.54, 1.807) is 48.5 Å². The monoisotopic (exact) mass is 431 g/mol. The van der Waals surface area contributed by atoms with Crippen LogP contribution >= 0.6 is 34.5 Å². The van der Waals surface area contributed by atoms with Gasteiger partial charge in [0.1, 0.15) is 5.75 Å². The molecule has 9 heteroatoms. The first-order chi connectivity index (χ1) is 13.4. The summed E-state index contributed by atoms with van der Waals surface area (Å²) in [7, 11) is 0. The van der Waals surface area contributed by atoms with Crippen molar-refractivity contribution in [2.75, 3.05) is 0 Å². The van der Waals surface area contributed by atoms with Crippen molar-refractivity contribution >= 4 is 51.5 Å². The van der Waals surface area contributed by atoms with Crippen LogP contribution in [0.2, 0.25) is 10.0 Å². The van der Waals surface area contributed by atoms with Crippen LogP contribution in [0, 0.1) is 0 Å². The summed E-state index contributed by atoms with van der Waals surface area (Å²) >= 11 is 13.1. The molecule has 0 spiro atoms. The molecule has 2 aromatic carbocycles. The number of thiazole rings is 1. The lowest BCUT2D eigenvalue weighted by Crippen LogP contribution is -2.23. The number of esters is 1. The molecule has 0 bridgehead atoms. The highest BCUT2D eigenvalue weighted by atomic mass is 35.5. The molecule has 140 valence electrons. The van der Waals surface area contributed by atoms with Crippen LogP contribution in [-0.4, -0.2) is 20.6 Å². The maximum absolute atomic E-state index is 12.7. The lowest BCUT2D eigenvalue weighted by molar-refractivity contribution is -0.131. The molecule has 28 heavy (non-hydrogen) atoms. The highest BCUT2D eigenvalue weighted by Crippen LogP contribution is 2.28. The van der Waals surface area contributed by atoms with Gasteiger partial charge >= 0.3 is 5.97 Å². The summed E-state index contributed by atoms with van der Waals surface area (Å²) in [6.07, 6.45) is 1.71. The third-order valence-corrected chi connectivity index (χ3v) is 5.50. The van der Waals surface area contributed by atoms with E-state index in [1.165, 1.54) is 22.8 Å². The number of fused-ring (bicyclic) bond motifs is 1. The molecule has 0 saturated carbocycles. The summed E-state index contributed by atoms with van der Waals surface area (Å²) in [6.45, 7) is 1.32. The summed E-state index contributed by atoms with van der Waals surface area (Å²) in [5.41, 5.74) is 0.981. The number of hydrogen-bond donors (Lipinski definition) is 0. The number of benzene rings is 2. The Balaban J connectivity index is 1.79. The fraction of sp³-hybridized carbons (Fsp3) is 0.0526. The van der Waals surface area contributed by atoms with E-state index < -0.39 is 5.97 Å². The summed E-state index contributed by atoms with van der Waals surface area (Å²) < 4.78 is 6.89. The Hall–Kier alpha value is -2.74. The number of rotatable bonds is 3. The molecular weight excluding hydrogens is 421 g/mol. The largest absolute Gasteiger partial charge is 0.426 e. The highest BCUT2D eigenvalue weighted by Gasteiger charge is 2.16. The van der Waals surface area contributed by atoms with Crippen molar-refractivity contribution in [3.05, 3.63) is 73.0 Å². The Kier molecular flexibility index (Phi) is 4.89. The van der Waals surface area contributed by atoms with Crippen molar-refractivity contribution in [3.8, 4) is 17.1 Å². The smallest absolute Gasteiger partial charge is 0.308 e. The molecule has 2 heterocycles. The SMILES string of the molecule is CC(=O)Oc1ccccc1-c1nc2s/c(=C\c3ccc(Cl)c(Cl)c3)c(=O)n2n1. The minimum absolute atomic E-state index is 0.296. The Morgan fingerprint density at radius 2 is 1.96 bits per heavy atom. The molecule has 0 aliphatic rings. The minimum atomic E-state index is -0.448. The third kappa shape index (κ3) is 3.52. The molecule has 0 aliphatic heterocycles. The molecule has 0 aliphatic carbocycles. The first-order valence-electron chi connectivity index (χ1n) is 8.06. The molecule has 0 saturated heterocycles. The van der Waals surface area contributed by atoms with E-state index in [4.69, 9.17) is 27.9 Å². The quantitative estimate of drug-likeness (QED) is 0.366. The normalized spacial score (nSPS) is 11.9. The number of para-hydroxylation sites is 1. The number of carbonyl (C=O) groups excluding carboxylic acids is 1. The fourth-order valence-corrected chi connectivity index (χ4v) is 3.81. The second kappa shape index (κ2) is 7.35. The lowest BCUT2D eigenvalue weighted by atomic mass is 10.2. The van der Waals surface area contributed by atoms with Crippen LogP contribution < -0.4 is 14.8 Å². The molecule has 0 amide bonds. The zero-order valence-corrected chi connectivity index (χ0v) is 16.7. The Labute approximate surface area is 172 Å². The molecule has 4 aromatic rings. The van der Waals surface area contributed by atoms with Gasteiger partial charge in [0.05, 0.1) is 20.1 Å². The van der Waals surface area contributed by atoms with Crippen LogP contribution in [-0.2, 0) is 4.79 Å². The van der Waals surface area contributed by atoms with Crippen LogP contribution in [0.5, 0.6) is 5.75 Å². The molecule has 0 N–H and O–H groups in total. The second-order valence-electron chi connectivity index (χ2n) is 5.81. The Bertz CT molecular complexity index is 1330. The van der Waals surface area contributed by atoms with Gasteiger partial charge in [0.2, 0.25) is 4.96 Å². The summed E-state index contributed by atoms with van der Waals surface area (Å²) in [5.74, 6) is 0.195. The molecular formula is C19H11Cl2N3O3S. The number of aromatic nitrogens is 3. The molecule has 0 radical (unpaired) electrons. The van der Waals surface area contributed by atoms with Crippen LogP contribution in [0.1, 0.15) is 12.5 Å². The topological polar surface area (TPSA) is 73.6 Å². The maximum Gasteiger partial charge on any atom is 0.308 e. The van der Waals surface area contributed by atoms with Crippen LogP contribution in [0.25, 0.3) is 22.4 Å². The molecule has 2 aromatic heterocycles. The van der Waals surface area contributed by atoms with Crippen LogP contribution in [0.3, 0.4) is 0 Å². The standard InChI is InChI=1S/C19H11Cl2N3O3S/c1-10(25)27-15-5-3-2-4-12(15)17-22-19-24(23-17)18(26)16(28-19)9-11-6-7-13(20)14(21)8-11/h2-9H,1H3/b16-9-. The number of halogens is 2. The summed E-state index contributed by atoms with van der Waals surface area (Å²) in [6, 6.07) is 12.0. The van der Waals surface area contributed by atoms with Crippen molar-refractivity contribution in [1.29, 1.82) is 0 Å². The van der Waals surface area contributed by atoms with Gasteiger partial charge in [-0.3, -0.25) is 9.59 Å². The lowest BCUT2D eigenvalue weighted by Gasteiger charge is -2.04. The first-order valence-corrected chi connectivity index (χ1v) is 9.64. The van der Waals surface area contributed by atoms with Crippen LogP contribution in [0.4, 0.5) is 0 Å². The van der Waals surface area contributed by atoms with Crippen molar-refractivity contribution in [2.24, 2.45) is 0 Å². The van der Waals surface area contributed by atoms with E-state index in [0.717, 1.165) is 5.56 Å². The molecule has 0 atom stereocenters. The first kappa shape index (κ1) is 18.6. The molecule has 6 nitrogen and oxygen atoms in total. The molecule has 0 unspecified atom stereocenters. The fourth-order valence-electron chi connectivity index (χ4n) is 2.60. The van der Waals surface area contributed by atoms with E-state index in [2.05, 4.69) is 10.1 Å². The van der Waals surface area contributed by atoms with E-state index in [-0.39, 0.29) is 5.56 Å². The predicted molar refractivity (Wildman–Crippen MR) is 109 cm³/mol. The van der Waals surface area contributed by atoms with E-state index in [9.17, 15) is 9.59 Å². The van der Waals surface area contributed by atoms with E-state index >= 15 is 0 Å². The summed E-state index contributed by atoms with van der Waals surface area (Å²) in [4.78, 5) is 28.8. The third-order valence-electron chi connectivity index (χ3n) is 3.80. The second-order valence-corrected chi connectivity index (χ2v) is 7.63. The minimum Gasteiger partial charge on any atom is -0.426 e. The zero-order valence-electron chi connectivity index (χ0n) is 14.3. The number of nitrogens with zero attached hydrogens (tertiary/aromatic N) is 3. The van der Waals surface area contributed by atoms with Crippen molar-refractivity contribution < 1.29 is 9.53 Å². The zero-order chi connectivity index (χ0) is 19.8. The number of carbonyl (C=O) groups is 1. The van der Waals surface area contributed by atoms with Crippen LogP contribution in [0.15, 0.2) is 47.3 Å². The average Bonchev–Trinajstić information content (AvgIpc) is 3.18. The van der Waals surface area contributed by atoms with Gasteiger partial charge in [-0.1, -0.05) is 52.7 Å². The number of hydrogen-bond acceptors (Lipinski definition) is 6. The van der Waals surface area contributed by atoms with Gasteiger partial charge < -0.3 is 4.74 Å². The molecule has 4 rings (SSSR count). The van der Waals surface area contributed by atoms with Gasteiger partial charge in [-0.2, -0.15) is 9.50 Å². The van der Waals surface area contributed by atoms with Gasteiger partial charge in [-0.05, 0) is 35.9 Å². The average molecular weight is 432 g/mol. The van der Waals surface area contributed by atoms with Gasteiger partial charge in [-0.15, -0.1) is 5.10 Å². The Morgan fingerprint density at radius 1 is 1.18 bits per heavy atom. The van der Waals surface area contributed by atoms with Gasteiger partial charge in [0.25, 0.3) is 5.56 Å². The van der Waals surface area contributed by atoms with Gasteiger partial charge in [-0.25, -0.2) is 0 Å². The van der Waals surface area contributed by atoms with Crippen molar-refractivity contribution in [1.82, 2.24) is 14.6 Å². The maximum atomic E-state index is 12.7. The Morgan fingerprint density at radius 3 is 2.68 bits per heavy atom. The van der Waals surface area contributed by atoms with Gasteiger partial charge in [0, 0.05) is 6.92 Å². The highest BCUT2D eigenvalue weighted by molar-refractivity contribution is 7.15. The van der Waals surface area contributed by atoms with E-state index in [0.29, 0.717) is 36.7 Å². The van der Waals surface area contributed by atoms with E-state index in [1.807, 2.05) is 0 Å². The van der Waals surface area contributed by atoms with Gasteiger partial charge in [0.15, 0.2) is 5.82 Å². The van der Waals surface area contributed by atoms with Crippen molar-refractivity contribution in [2.45, 2.75) is 6.92 Å². The predicted octanol–water partition coefficient (Wildman–Crippen LogP) is 3.60. The number of ether oxygens (including phenoxy) is 1.